The van der Waals surface area contributed by atoms with Crippen molar-refractivity contribution >= 4 is 17.4 Å². The van der Waals surface area contributed by atoms with Gasteiger partial charge in [0.05, 0.1) is 11.6 Å². The summed E-state index contributed by atoms with van der Waals surface area (Å²) in [7, 11) is 0. The molecule has 1 aliphatic rings. The molecule has 3 aromatic rings. The Balaban J connectivity index is 1.68. The van der Waals surface area contributed by atoms with Gasteiger partial charge >= 0.3 is 0 Å². The zero-order valence-electron chi connectivity index (χ0n) is 20.5. The van der Waals surface area contributed by atoms with Gasteiger partial charge in [-0.3, -0.25) is 9.59 Å². The molecule has 1 atom stereocenters. The van der Waals surface area contributed by atoms with Gasteiger partial charge < -0.3 is 14.7 Å². The molecule has 1 N–H and O–H groups in total. The predicted molar refractivity (Wildman–Crippen MR) is 137 cm³/mol. The fourth-order valence-electron chi connectivity index (χ4n) is 4.48. The number of amides is 1. The molecular formula is C30H30FNO4. The van der Waals surface area contributed by atoms with Gasteiger partial charge in [-0.1, -0.05) is 62.2 Å². The molecular weight excluding hydrogens is 457 g/mol. The molecule has 1 heterocycles. The van der Waals surface area contributed by atoms with Gasteiger partial charge in [0, 0.05) is 12.1 Å². The van der Waals surface area contributed by atoms with Gasteiger partial charge in [0.15, 0.2) is 0 Å². The summed E-state index contributed by atoms with van der Waals surface area (Å²) in [5.74, 6) is -1.39. The third kappa shape index (κ3) is 5.33. The van der Waals surface area contributed by atoms with Gasteiger partial charge in [-0.25, -0.2) is 4.39 Å². The zero-order chi connectivity index (χ0) is 25.7. The molecule has 0 saturated carbocycles. The highest BCUT2D eigenvalue weighted by atomic mass is 19.1. The number of aliphatic hydroxyl groups is 1. The minimum absolute atomic E-state index is 0.0143. The summed E-state index contributed by atoms with van der Waals surface area (Å²) in [6.07, 6.45) is 2.60. The first-order chi connectivity index (χ1) is 17.4. The first-order valence-corrected chi connectivity index (χ1v) is 12.2. The number of carbonyl (C=O) groups is 2. The topological polar surface area (TPSA) is 66.8 Å². The number of nitrogens with zero attached hydrogens (tertiary/aromatic N) is 1. The molecule has 0 aromatic heterocycles. The molecule has 1 aliphatic heterocycles. The van der Waals surface area contributed by atoms with Crippen molar-refractivity contribution in [1.29, 1.82) is 0 Å². The first-order valence-electron chi connectivity index (χ1n) is 12.2. The normalized spacial score (nSPS) is 17.0. The van der Waals surface area contributed by atoms with Crippen LogP contribution < -0.4 is 4.74 Å². The van der Waals surface area contributed by atoms with Crippen LogP contribution in [0.1, 0.15) is 54.5 Å². The highest BCUT2D eigenvalue weighted by Crippen LogP contribution is 2.40. The van der Waals surface area contributed by atoms with E-state index in [0.717, 1.165) is 30.4 Å². The van der Waals surface area contributed by atoms with E-state index in [1.54, 1.807) is 30.3 Å². The Morgan fingerprint density at radius 2 is 1.72 bits per heavy atom. The van der Waals surface area contributed by atoms with Crippen LogP contribution >= 0.6 is 0 Å². The van der Waals surface area contributed by atoms with Crippen molar-refractivity contribution < 1.29 is 23.8 Å². The van der Waals surface area contributed by atoms with E-state index in [-0.39, 0.29) is 11.3 Å². The lowest BCUT2D eigenvalue weighted by atomic mass is 9.94. The number of Topliss-reactive ketones (excluding diaryl/α,β-unsaturated/α-hetero) is 1. The summed E-state index contributed by atoms with van der Waals surface area (Å²) < 4.78 is 19.6. The van der Waals surface area contributed by atoms with Crippen LogP contribution in [0.15, 0.2) is 78.4 Å². The summed E-state index contributed by atoms with van der Waals surface area (Å²) in [4.78, 5) is 27.6. The van der Waals surface area contributed by atoms with E-state index < -0.39 is 23.5 Å². The zero-order valence-corrected chi connectivity index (χ0v) is 20.5. The van der Waals surface area contributed by atoms with E-state index >= 15 is 0 Å². The van der Waals surface area contributed by atoms with Crippen molar-refractivity contribution in [3.63, 3.8) is 0 Å². The molecule has 1 amide bonds. The number of benzene rings is 3. The SMILES string of the molecule is CCCCCN1C(=O)C(=O)/C(=C(\O)c2ccc(OCc3ccccc3)c(C)c2)C1c1ccc(F)cc1. The maximum atomic E-state index is 13.6. The third-order valence-corrected chi connectivity index (χ3v) is 6.41. The molecule has 1 unspecified atom stereocenters. The summed E-state index contributed by atoms with van der Waals surface area (Å²) in [5, 5.41) is 11.3. The van der Waals surface area contributed by atoms with Gasteiger partial charge in [0.2, 0.25) is 0 Å². The number of aliphatic hydroxyl groups excluding tert-OH is 1. The lowest BCUT2D eigenvalue weighted by Crippen LogP contribution is -2.30. The average molecular weight is 488 g/mol. The van der Waals surface area contributed by atoms with Crippen molar-refractivity contribution in [1.82, 2.24) is 4.90 Å². The fraction of sp³-hybridized carbons (Fsp3) is 0.267. The lowest BCUT2D eigenvalue weighted by molar-refractivity contribution is -0.139. The maximum Gasteiger partial charge on any atom is 0.295 e. The highest BCUT2D eigenvalue weighted by Gasteiger charge is 2.45. The standard InChI is InChI=1S/C30H30FNO4/c1-3-4-8-17-32-27(22-11-14-24(31)15-12-22)26(29(34)30(32)35)28(33)23-13-16-25(20(2)18-23)36-19-21-9-6-5-7-10-21/h5-7,9-16,18,27,33H,3-4,8,17,19H2,1-2H3/b28-26-. The van der Waals surface area contributed by atoms with E-state index in [1.807, 2.05) is 37.3 Å². The minimum Gasteiger partial charge on any atom is -0.507 e. The maximum absolute atomic E-state index is 13.6. The van der Waals surface area contributed by atoms with Crippen LogP contribution in [0.25, 0.3) is 5.76 Å². The monoisotopic (exact) mass is 487 g/mol. The van der Waals surface area contributed by atoms with Gasteiger partial charge in [0.25, 0.3) is 11.7 Å². The summed E-state index contributed by atoms with van der Waals surface area (Å²) >= 11 is 0. The number of rotatable bonds is 9. The molecule has 1 fully saturated rings. The molecule has 6 heteroatoms. The number of halogens is 1. The Morgan fingerprint density at radius 3 is 2.39 bits per heavy atom. The van der Waals surface area contributed by atoms with Crippen LogP contribution in [0.5, 0.6) is 5.75 Å². The number of hydrogen-bond acceptors (Lipinski definition) is 4. The molecule has 0 radical (unpaired) electrons. The van der Waals surface area contributed by atoms with Crippen LogP contribution in [-0.4, -0.2) is 28.2 Å². The molecule has 0 spiro atoms. The van der Waals surface area contributed by atoms with Crippen LogP contribution in [0, 0.1) is 12.7 Å². The number of ether oxygens (including phenoxy) is 1. The van der Waals surface area contributed by atoms with Crippen molar-refractivity contribution in [2.75, 3.05) is 6.54 Å². The molecule has 4 rings (SSSR count). The van der Waals surface area contributed by atoms with E-state index in [2.05, 4.69) is 6.92 Å². The Bertz CT molecular complexity index is 1270. The molecule has 5 nitrogen and oxygen atoms in total. The Labute approximate surface area is 210 Å². The van der Waals surface area contributed by atoms with Crippen molar-refractivity contribution in [2.24, 2.45) is 0 Å². The molecule has 186 valence electrons. The van der Waals surface area contributed by atoms with E-state index in [1.165, 1.54) is 17.0 Å². The van der Waals surface area contributed by atoms with E-state index in [4.69, 9.17) is 4.74 Å². The van der Waals surface area contributed by atoms with E-state index in [9.17, 15) is 19.1 Å². The number of unbranched alkanes of at least 4 members (excludes halogenated alkanes) is 2. The number of aryl methyl sites for hydroxylation is 1. The number of hydrogen-bond donors (Lipinski definition) is 1. The summed E-state index contributed by atoms with van der Waals surface area (Å²) in [5.41, 5.74) is 2.82. The van der Waals surface area contributed by atoms with Gasteiger partial charge in [0.1, 0.15) is 23.9 Å². The average Bonchev–Trinajstić information content (AvgIpc) is 3.14. The predicted octanol–water partition coefficient (Wildman–Crippen LogP) is 6.33. The van der Waals surface area contributed by atoms with Crippen molar-refractivity contribution in [3.8, 4) is 5.75 Å². The Hall–Kier alpha value is -3.93. The Kier molecular flexibility index (Phi) is 7.84. The van der Waals surface area contributed by atoms with E-state index in [0.29, 0.717) is 30.0 Å². The van der Waals surface area contributed by atoms with Crippen LogP contribution in [0.3, 0.4) is 0 Å². The van der Waals surface area contributed by atoms with Crippen LogP contribution in [0.2, 0.25) is 0 Å². The molecule has 0 aliphatic carbocycles. The fourth-order valence-corrected chi connectivity index (χ4v) is 4.48. The largest absolute Gasteiger partial charge is 0.507 e. The van der Waals surface area contributed by atoms with Gasteiger partial charge in [-0.2, -0.15) is 0 Å². The van der Waals surface area contributed by atoms with Crippen LogP contribution in [0.4, 0.5) is 4.39 Å². The number of carbonyl (C=O) groups excluding carboxylic acids is 2. The second-order valence-corrected chi connectivity index (χ2v) is 9.01. The number of ketones is 1. The molecule has 3 aromatic carbocycles. The lowest BCUT2D eigenvalue weighted by Gasteiger charge is -2.25. The smallest absolute Gasteiger partial charge is 0.295 e. The quantitative estimate of drug-likeness (QED) is 0.166. The first kappa shape index (κ1) is 25.2. The number of likely N-dealkylation sites (tertiary alicyclic amines) is 1. The minimum atomic E-state index is -0.781. The highest BCUT2D eigenvalue weighted by molar-refractivity contribution is 6.46. The Morgan fingerprint density at radius 1 is 1.00 bits per heavy atom. The third-order valence-electron chi connectivity index (χ3n) is 6.41. The molecule has 1 saturated heterocycles. The van der Waals surface area contributed by atoms with Crippen LogP contribution in [-0.2, 0) is 16.2 Å². The van der Waals surface area contributed by atoms with Gasteiger partial charge in [-0.15, -0.1) is 0 Å². The second-order valence-electron chi connectivity index (χ2n) is 9.01. The van der Waals surface area contributed by atoms with Crippen molar-refractivity contribution in [3.05, 3.63) is 106 Å². The molecule has 36 heavy (non-hydrogen) atoms. The summed E-state index contributed by atoms with van der Waals surface area (Å²) in [6.45, 7) is 4.70. The van der Waals surface area contributed by atoms with Crippen molar-refractivity contribution in [2.45, 2.75) is 45.8 Å². The summed E-state index contributed by atoms with van der Waals surface area (Å²) in [6, 6.07) is 19.9. The van der Waals surface area contributed by atoms with Gasteiger partial charge in [-0.05, 0) is 60.4 Å². The molecule has 0 bridgehead atoms. The second kappa shape index (κ2) is 11.2.